The molecule has 0 radical (unpaired) electrons. The number of rotatable bonds is 2. The summed E-state index contributed by atoms with van der Waals surface area (Å²) in [5, 5.41) is 2.66. The third kappa shape index (κ3) is 4.55. The van der Waals surface area contributed by atoms with E-state index in [0.717, 1.165) is 0 Å². The third-order valence-electron chi connectivity index (χ3n) is 12.8. The van der Waals surface area contributed by atoms with Crippen molar-refractivity contribution in [2.45, 2.75) is 67.6 Å². The van der Waals surface area contributed by atoms with Gasteiger partial charge in [0.25, 0.3) is 0 Å². The molecule has 11 rings (SSSR count). The monoisotopic (exact) mass is 736 g/mol. The molecule has 3 aliphatic rings. The normalized spacial score (nSPS) is 14.3. The molecule has 0 fully saturated rings. The Balaban J connectivity index is 1.20. The predicted molar refractivity (Wildman–Crippen MR) is 238 cm³/mol. The molecule has 0 atom stereocenters. The molecular weight excluding hydrogens is 693 g/mol. The van der Waals surface area contributed by atoms with E-state index in [1.54, 1.807) is 0 Å². The molecule has 0 saturated heterocycles. The third-order valence-corrected chi connectivity index (χ3v) is 14.0. The van der Waals surface area contributed by atoms with Crippen LogP contribution in [0.2, 0.25) is 0 Å². The van der Waals surface area contributed by atoms with E-state index in [-0.39, 0.29) is 10.8 Å². The van der Waals surface area contributed by atoms with Crippen molar-refractivity contribution in [3.05, 3.63) is 191 Å². The first-order valence-corrected chi connectivity index (χ1v) is 20.8. The average Bonchev–Trinajstić information content (AvgIpc) is 3.67. The lowest BCUT2D eigenvalue weighted by atomic mass is 9.68. The minimum absolute atomic E-state index is 0.0164. The van der Waals surface area contributed by atoms with Crippen molar-refractivity contribution in [3.63, 3.8) is 0 Å². The fraction of sp³-hybridized carbons (Fsp3) is 0.164. The van der Waals surface area contributed by atoms with Crippen LogP contribution in [0.5, 0.6) is 0 Å². The maximum absolute atomic E-state index is 2.55. The number of hydrogen-bond donors (Lipinski definition) is 0. The molecule has 8 aromatic carbocycles. The van der Waals surface area contributed by atoms with Gasteiger partial charge in [0.2, 0.25) is 0 Å². The first kappa shape index (κ1) is 33.7. The highest BCUT2D eigenvalue weighted by Gasteiger charge is 2.52. The van der Waals surface area contributed by atoms with Gasteiger partial charge in [-0.1, -0.05) is 199 Å². The highest BCUT2D eigenvalue weighted by molar-refractivity contribution is 7.99. The van der Waals surface area contributed by atoms with Gasteiger partial charge >= 0.3 is 0 Å². The fourth-order valence-corrected chi connectivity index (χ4v) is 11.3. The van der Waals surface area contributed by atoms with Crippen molar-refractivity contribution in [2.75, 3.05) is 0 Å². The Kier molecular flexibility index (Phi) is 7.04. The standard InChI is InChI=1S/C55H44S/c1-53(2,3)33-25-27-38-39-28-26-34(54(4,5)6)32-48(39)55(47(38)31-33)45-22-11-9-18-44(45)51-41(21-14-23-46(51)55)36-16-8-7-15-35(36)37-29-30-50-52-42(37)19-13-20-43(52)40-17-10-12-24-49(40)56-50/h7-32H,1-6H3. The van der Waals surface area contributed by atoms with Gasteiger partial charge < -0.3 is 0 Å². The summed E-state index contributed by atoms with van der Waals surface area (Å²) in [6, 6.07) is 60.6. The van der Waals surface area contributed by atoms with Crippen LogP contribution in [0, 0.1) is 0 Å². The molecule has 1 heteroatoms. The lowest BCUT2D eigenvalue weighted by molar-refractivity contribution is 0.586. The van der Waals surface area contributed by atoms with Crippen molar-refractivity contribution in [3.8, 4) is 55.6 Å². The van der Waals surface area contributed by atoms with Crippen LogP contribution >= 0.6 is 11.8 Å². The van der Waals surface area contributed by atoms with Gasteiger partial charge in [-0.3, -0.25) is 0 Å². The summed E-state index contributed by atoms with van der Waals surface area (Å²) in [6.07, 6.45) is 0. The summed E-state index contributed by atoms with van der Waals surface area (Å²) in [4.78, 5) is 2.65. The summed E-state index contributed by atoms with van der Waals surface area (Å²) < 4.78 is 0. The molecule has 0 saturated carbocycles. The molecule has 0 N–H and O–H groups in total. The quantitative estimate of drug-likeness (QED) is 0.170. The maximum Gasteiger partial charge on any atom is 0.0725 e. The van der Waals surface area contributed by atoms with Gasteiger partial charge in [0.05, 0.1) is 5.41 Å². The van der Waals surface area contributed by atoms with E-state index in [9.17, 15) is 0 Å². The molecule has 0 bridgehead atoms. The highest BCUT2D eigenvalue weighted by Crippen LogP contribution is 2.65. The van der Waals surface area contributed by atoms with Crippen molar-refractivity contribution in [1.82, 2.24) is 0 Å². The van der Waals surface area contributed by atoms with Crippen LogP contribution in [0.3, 0.4) is 0 Å². The number of fused-ring (bicyclic) bond motifs is 12. The molecule has 270 valence electrons. The zero-order chi connectivity index (χ0) is 38.1. The lowest BCUT2D eigenvalue weighted by Gasteiger charge is -2.33. The van der Waals surface area contributed by atoms with E-state index in [1.807, 2.05) is 11.8 Å². The van der Waals surface area contributed by atoms with E-state index in [1.165, 1.54) is 110 Å². The second-order valence-corrected chi connectivity index (χ2v) is 19.1. The smallest absolute Gasteiger partial charge is 0.0725 e. The summed E-state index contributed by atoms with van der Waals surface area (Å²) in [7, 11) is 0. The van der Waals surface area contributed by atoms with E-state index in [0.29, 0.717) is 0 Å². The Morgan fingerprint density at radius 2 is 0.875 bits per heavy atom. The molecule has 0 nitrogen and oxygen atoms in total. The summed E-state index contributed by atoms with van der Waals surface area (Å²) in [5.74, 6) is 0. The van der Waals surface area contributed by atoms with Crippen LogP contribution in [0.4, 0.5) is 0 Å². The molecule has 2 aliphatic carbocycles. The van der Waals surface area contributed by atoms with Gasteiger partial charge in [0.15, 0.2) is 0 Å². The first-order chi connectivity index (χ1) is 27.0. The van der Waals surface area contributed by atoms with Crippen LogP contribution in [0.25, 0.3) is 66.4 Å². The summed E-state index contributed by atoms with van der Waals surface area (Å²) >= 11 is 1.89. The Morgan fingerprint density at radius 3 is 1.55 bits per heavy atom. The Bertz CT molecular complexity index is 2900. The first-order valence-electron chi connectivity index (χ1n) is 20.0. The fourth-order valence-electron chi connectivity index (χ4n) is 10.2. The van der Waals surface area contributed by atoms with Gasteiger partial charge in [-0.05, 0) is 117 Å². The molecule has 1 heterocycles. The predicted octanol–water partition coefficient (Wildman–Crippen LogP) is 15.2. The van der Waals surface area contributed by atoms with E-state index >= 15 is 0 Å². The molecule has 0 aromatic heterocycles. The number of hydrogen-bond acceptors (Lipinski definition) is 1. The van der Waals surface area contributed by atoms with Crippen molar-refractivity contribution < 1.29 is 0 Å². The molecule has 0 amide bonds. The van der Waals surface area contributed by atoms with Crippen molar-refractivity contribution in [2.24, 2.45) is 0 Å². The maximum atomic E-state index is 2.55. The van der Waals surface area contributed by atoms with Crippen LogP contribution in [0.15, 0.2) is 168 Å². The second-order valence-electron chi connectivity index (χ2n) is 18.0. The Labute approximate surface area is 335 Å². The average molecular weight is 737 g/mol. The summed E-state index contributed by atoms with van der Waals surface area (Å²) in [5.41, 5.74) is 21.1. The Morgan fingerprint density at radius 1 is 0.357 bits per heavy atom. The lowest BCUT2D eigenvalue weighted by Crippen LogP contribution is -2.27. The minimum atomic E-state index is -0.436. The van der Waals surface area contributed by atoms with Gasteiger partial charge in [0, 0.05) is 15.2 Å². The Hall–Kier alpha value is -5.63. The number of benzene rings is 8. The zero-order valence-corrected chi connectivity index (χ0v) is 33.7. The van der Waals surface area contributed by atoms with E-state index in [4.69, 9.17) is 0 Å². The van der Waals surface area contributed by atoms with Gasteiger partial charge in [-0.2, -0.15) is 0 Å². The molecule has 56 heavy (non-hydrogen) atoms. The zero-order valence-electron chi connectivity index (χ0n) is 32.9. The topological polar surface area (TPSA) is 0 Å². The van der Waals surface area contributed by atoms with E-state index in [2.05, 4.69) is 199 Å². The SMILES string of the molecule is CC(C)(C)c1ccc2c(c1)C1(c3cc(C(C)(C)C)ccc3-2)c2ccccc2-c2c(-c3ccccc3-c3ccc4c5c(cccc35)-c3ccccc3S4)cccc21. The summed E-state index contributed by atoms with van der Waals surface area (Å²) in [6.45, 7) is 14.0. The minimum Gasteiger partial charge on any atom is -0.0888 e. The van der Waals surface area contributed by atoms with Crippen LogP contribution in [0.1, 0.15) is 74.9 Å². The second kappa shape index (κ2) is 11.7. The molecule has 1 aliphatic heterocycles. The largest absolute Gasteiger partial charge is 0.0888 e. The van der Waals surface area contributed by atoms with Crippen molar-refractivity contribution in [1.29, 1.82) is 0 Å². The molecular formula is C55H44S. The van der Waals surface area contributed by atoms with Gasteiger partial charge in [-0.25, -0.2) is 0 Å². The highest BCUT2D eigenvalue weighted by atomic mass is 32.2. The van der Waals surface area contributed by atoms with Crippen LogP contribution in [-0.2, 0) is 16.2 Å². The molecule has 0 unspecified atom stereocenters. The van der Waals surface area contributed by atoms with Crippen LogP contribution in [-0.4, -0.2) is 0 Å². The van der Waals surface area contributed by atoms with Crippen molar-refractivity contribution >= 4 is 22.5 Å². The molecule has 1 spiro atoms. The van der Waals surface area contributed by atoms with Gasteiger partial charge in [0.1, 0.15) is 0 Å². The van der Waals surface area contributed by atoms with E-state index < -0.39 is 5.41 Å². The van der Waals surface area contributed by atoms with Gasteiger partial charge in [-0.15, -0.1) is 0 Å². The van der Waals surface area contributed by atoms with Crippen LogP contribution < -0.4 is 0 Å². The molecule has 8 aromatic rings.